The molecule has 0 fully saturated rings. The van der Waals surface area contributed by atoms with Crippen LogP contribution >= 0.6 is 0 Å². The third-order valence-corrected chi connectivity index (χ3v) is 4.74. The number of hydrogen-bond donors (Lipinski definition) is 1. The Balaban J connectivity index is 1.30. The van der Waals surface area contributed by atoms with Crippen LogP contribution in [0.5, 0.6) is 0 Å². The van der Waals surface area contributed by atoms with Gasteiger partial charge in [0.2, 0.25) is 0 Å². The maximum Gasteiger partial charge on any atom is 0.339 e. The Kier molecular flexibility index (Phi) is 4.44. The first-order valence-electron chi connectivity index (χ1n) is 8.83. The van der Waals surface area contributed by atoms with Gasteiger partial charge in [0.15, 0.2) is 6.10 Å². The Labute approximate surface area is 151 Å². The number of carbonyl (C=O) groups excluding carboxylic acids is 2. The molecule has 1 atom stereocenters. The summed E-state index contributed by atoms with van der Waals surface area (Å²) in [4.78, 5) is 24.3. The van der Waals surface area contributed by atoms with Gasteiger partial charge in [-0.2, -0.15) is 0 Å². The van der Waals surface area contributed by atoms with Crippen LogP contribution in [-0.2, 0) is 22.5 Å². The molecule has 0 aliphatic carbocycles. The van der Waals surface area contributed by atoms with Gasteiger partial charge in [-0.25, -0.2) is 4.79 Å². The van der Waals surface area contributed by atoms with Crippen LogP contribution in [-0.4, -0.2) is 29.1 Å². The lowest BCUT2D eigenvalue weighted by Crippen LogP contribution is -2.42. The summed E-state index contributed by atoms with van der Waals surface area (Å²) in [6.07, 6.45) is 2.55. The van der Waals surface area contributed by atoms with Gasteiger partial charge in [0, 0.05) is 31.2 Å². The standard InChI is InChI=1S/C21H20N2O3/c24-20(19-14-16-7-1-3-8-17(16)21(25)26-19)22-11-5-12-23-13-10-15-6-2-4-9-18(15)23/h1-4,6-10,13,19H,5,11-12,14H2,(H,22,24). The van der Waals surface area contributed by atoms with Crippen molar-refractivity contribution in [3.05, 3.63) is 71.9 Å². The first-order valence-corrected chi connectivity index (χ1v) is 8.83. The number of nitrogens with one attached hydrogen (secondary N) is 1. The van der Waals surface area contributed by atoms with Crippen LogP contribution in [0.2, 0.25) is 0 Å². The van der Waals surface area contributed by atoms with Gasteiger partial charge < -0.3 is 14.6 Å². The van der Waals surface area contributed by atoms with E-state index in [4.69, 9.17) is 4.74 Å². The molecule has 4 rings (SSSR count). The van der Waals surface area contributed by atoms with Crippen molar-refractivity contribution in [2.75, 3.05) is 6.54 Å². The second kappa shape index (κ2) is 7.04. The topological polar surface area (TPSA) is 60.3 Å². The average molecular weight is 348 g/mol. The molecule has 0 saturated carbocycles. The molecule has 1 aliphatic rings. The number of carbonyl (C=O) groups is 2. The van der Waals surface area contributed by atoms with Gasteiger partial charge >= 0.3 is 5.97 Å². The number of aryl methyl sites for hydroxylation is 1. The molecule has 2 aromatic carbocycles. The number of esters is 1. The predicted molar refractivity (Wildman–Crippen MR) is 98.9 cm³/mol. The number of nitrogens with zero attached hydrogens (tertiary/aromatic N) is 1. The van der Waals surface area contributed by atoms with E-state index >= 15 is 0 Å². The monoisotopic (exact) mass is 348 g/mol. The third kappa shape index (κ3) is 3.20. The highest BCUT2D eigenvalue weighted by molar-refractivity contribution is 5.95. The zero-order valence-corrected chi connectivity index (χ0v) is 14.4. The molecule has 0 bridgehead atoms. The summed E-state index contributed by atoms with van der Waals surface area (Å²) in [7, 11) is 0. The molecule has 1 unspecified atom stereocenters. The van der Waals surface area contributed by atoms with Gasteiger partial charge in [-0.15, -0.1) is 0 Å². The number of rotatable bonds is 5. The molecule has 1 aliphatic heterocycles. The Morgan fingerprint density at radius 3 is 2.85 bits per heavy atom. The minimum absolute atomic E-state index is 0.231. The number of hydrogen-bond acceptors (Lipinski definition) is 3. The molecule has 1 amide bonds. The van der Waals surface area contributed by atoms with Gasteiger partial charge in [-0.05, 0) is 35.6 Å². The van der Waals surface area contributed by atoms with Crippen molar-refractivity contribution in [1.82, 2.24) is 9.88 Å². The molecule has 0 radical (unpaired) electrons. The maximum atomic E-state index is 12.3. The molecule has 0 saturated heterocycles. The zero-order chi connectivity index (χ0) is 17.9. The van der Waals surface area contributed by atoms with Crippen LogP contribution in [0.4, 0.5) is 0 Å². The fraction of sp³-hybridized carbons (Fsp3) is 0.238. The lowest BCUT2D eigenvalue weighted by atomic mass is 9.98. The fourth-order valence-electron chi connectivity index (χ4n) is 3.39. The highest BCUT2D eigenvalue weighted by Gasteiger charge is 2.30. The molecule has 5 nitrogen and oxygen atoms in total. The van der Waals surface area contributed by atoms with Crippen LogP contribution < -0.4 is 5.32 Å². The molecular formula is C21H20N2O3. The minimum Gasteiger partial charge on any atom is -0.448 e. The van der Waals surface area contributed by atoms with Gasteiger partial charge in [0.1, 0.15) is 0 Å². The normalized spacial score (nSPS) is 16.2. The number of benzene rings is 2. The van der Waals surface area contributed by atoms with Gasteiger partial charge in [0.05, 0.1) is 5.56 Å². The fourth-order valence-corrected chi connectivity index (χ4v) is 3.39. The maximum absolute atomic E-state index is 12.3. The van der Waals surface area contributed by atoms with E-state index in [1.807, 2.05) is 24.3 Å². The predicted octanol–water partition coefficient (Wildman–Crippen LogP) is 2.93. The minimum atomic E-state index is -0.746. The third-order valence-electron chi connectivity index (χ3n) is 4.74. The second-order valence-corrected chi connectivity index (χ2v) is 6.47. The molecule has 1 N–H and O–H groups in total. The smallest absolute Gasteiger partial charge is 0.339 e. The van der Waals surface area contributed by atoms with E-state index in [9.17, 15) is 9.59 Å². The molecule has 132 valence electrons. The van der Waals surface area contributed by atoms with Crippen LogP contribution in [0.3, 0.4) is 0 Å². The van der Waals surface area contributed by atoms with Crippen molar-refractivity contribution in [1.29, 1.82) is 0 Å². The molecule has 3 aromatic rings. The Hall–Kier alpha value is -3.08. The number of ether oxygens (including phenoxy) is 1. The van der Waals surface area contributed by atoms with Gasteiger partial charge in [0.25, 0.3) is 5.91 Å². The van der Waals surface area contributed by atoms with Crippen LogP contribution in [0.1, 0.15) is 22.3 Å². The Morgan fingerprint density at radius 1 is 1.12 bits per heavy atom. The highest BCUT2D eigenvalue weighted by Crippen LogP contribution is 2.20. The number of fused-ring (bicyclic) bond motifs is 2. The number of para-hydroxylation sites is 1. The lowest BCUT2D eigenvalue weighted by molar-refractivity contribution is -0.130. The van der Waals surface area contributed by atoms with Crippen LogP contribution in [0.15, 0.2) is 60.8 Å². The van der Waals surface area contributed by atoms with E-state index < -0.39 is 12.1 Å². The van der Waals surface area contributed by atoms with Crippen molar-refractivity contribution in [2.45, 2.75) is 25.5 Å². The summed E-state index contributed by atoms with van der Waals surface area (Å²) >= 11 is 0. The molecule has 1 aromatic heterocycles. The van der Waals surface area contributed by atoms with Crippen molar-refractivity contribution < 1.29 is 14.3 Å². The Bertz CT molecular complexity index is 961. The zero-order valence-electron chi connectivity index (χ0n) is 14.4. The first-order chi connectivity index (χ1) is 12.7. The molecule has 5 heteroatoms. The average Bonchev–Trinajstić information content (AvgIpc) is 3.08. The van der Waals surface area contributed by atoms with Gasteiger partial charge in [-0.1, -0.05) is 36.4 Å². The highest BCUT2D eigenvalue weighted by atomic mass is 16.5. The first kappa shape index (κ1) is 16.4. The van der Waals surface area contributed by atoms with E-state index in [2.05, 4.69) is 34.3 Å². The van der Waals surface area contributed by atoms with E-state index in [1.165, 1.54) is 10.9 Å². The van der Waals surface area contributed by atoms with E-state index in [-0.39, 0.29) is 5.91 Å². The van der Waals surface area contributed by atoms with Crippen LogP contribution in [0.25, 0.3) is 10.9 Å². The number of cyclic esters (lactones) is 1. The SMILES string of the molecule is O=C1OC(C(=O)NCCCn2ccc3ccccc32)Cc2ccccc21. The van der Waals surface area contributed by atoms with Crippen molar-refractivity contribution in [3.8, 4) is 0 Å². The van der Waals surface area contributed by atoms with Crippen LogP contribution in [0, 0.1) is 0 Å². The van der Waals surface area contributed by atoms with E-state index in [1.54, 1.807) is 12.1 Å². The van der Waals surface area contributed by atoms with Crippen molar-refractivity contribution >= 4 is 22.8 Å². The summed E-state index contributed by atoms with van der Waals surface area (Å²) in [5.41, 5.74) is 2.61. The summed E-state index contributed by atoms with van der Waals surface area (Å²) < 4.78 is 7.46. The Morgan fingerprint density at radius 2 is 1.92 bits per heavy atom. The largest absolute Gasteiger partial charge is 0.448 e. The molecule has 2 heterocycles. The summed E-state index contributed by atoms with van der Waals surface area (Å²) in [5, 5.41) is 4.10. The van der Waals surface area contributed by atoms with Gasteiger partial charge in [-0.3, -0.25) is 4.79 Å². The summed E-state index contributed by atoms with van der Waals surface area (Å²) in [6, 6.07) is 17.6. The molecule has 0 spiro atoms. The van der Waals surface area contributed by atoms with E-state index in [0.29, 0.717) is 18.5 Å². The number of aromatic nitrogens is 1. The quantitative estimate of drug-likeness (QED) is 0.570. The summed E-state index contributed by atoms with van der Waals surface area (Å²) in [5.74, 6) is -0.656. The second-order valence-electron chi connectivity index (χ2n) is 6.47. The van der Waals surface area contributed by atoms with Crippen molar-refractivity contribution in [3.63, 3.8) is 0 Å². The lowest BCUT2D eigenvalue weighted by Gasteiger charge is -2.23. The van der Waals surface area contributed by atoms with Crippen molar-refractivity contribution in [2.24, 2.45) is 0 Å². The molecule has 26 heavy (non-hydrogen) atoms. The van der Waals surface area contributed by atoms with E-state index in [0.717, 1.165) is 18.5 Å². The summed E-state index contributed by atoms with van der Waals surface area (Å²) in [6.45, 7) is 1.36. The number of amides is 1. The molecular weight excluding hydrogens is 328 g/mol.